The zero-order valence-electron chi connectivity index (χ0n) is 20.9. The number of aliphatic hydroxyl groups is 2. The van der Waals surface area contributed by atoms with Gasteiger partial charge in [0.2, 0.25) is 0 Å². The maximum Gasteiger partial charge on any atom is 0.186 e. The van der Waals surface area contributed by atoms with Gasteiger partial charge in [0.05, 0.1) is 23.7 Å². The molecular weight excluding hydrogens is 432 g/mol. The number of carbonyl (C=O) groups is 1. The van der Waals surface area contributed by atoms with Gasteiger partial charge in [-0.25, -0.2) is 0 Å². The monoisotopic (exact) mass is 470 g/mol. The Bertz CT molecular complexity index is 1040. The number of carbonyl (C=O) groups excluding carboxylic acids is 1. The van der Waals surface area contributed by atoms with E-state index < -0.39 is 23.4 Å². The zero-order valence-corrected chi connectivity index (χ0v) is 20.9. The van der Waals surface area contributed by atoms with Crippen LogP contribution in [0.15, 0.2) is 23.8 Å². The molecule has 0 amide bonds. The van der Waals surface area contributed by atoms with Gasteiger partial charge in [0, 0.05) is 18.3 Å². The fraction of sp³-hybridized carbons (Fsp3) is 0.821. The summed E-state index contributed by atoms with van der Waals surface area (Å²) in [4.78, 5) is 13.3. The molecule has 0 unspecified atom stereocenters. The average Bonchev–Trinajstić information content (AvgIpc) is 3.59. The SMILES string of the molecule is C[C@@H](C1=C[C@@H](O)[C@@H]2[C@@H]3C[C@@H]4O[C@@]45CC=CC(=O)[C@]5(C)[C@H]3CC[C@]12C)[C@H]1C[C@]2(C)O[C@]2(C)[C@H](O)O1. The van der Waals surface area contributed by atoms with Crippen molar-refractivity contribution >= 4 is 5.78 Å². The van der Waals surface area contributed by atoms with Crippen LogP contribution in [-0.4, -0.2) is 57.4 Å². The molecule has 6 heteroatoms. The fourth-order valence-corrected chi connectivity index (χ4v) is 9.70. The first-order valence-corrected chi connectivity index (χ1v) is 13.2. The summed E-state index contributed by atoms with van der Waals surface area (Å²) in [5, 5.41) is 22.1. The lowest BCUT2D eigenvalue weighted by atomic mass is 9.44. The van der Waals surface area contributed by atoms with E-state index in [1.54, 1.807) is 6.08 Å². The van der Waals surface area contributed by atoms with Crippen molar-refractivity contribution in [2.45, 2.75) is 108 Å². The van der Waals surface area contributed by atoms with E-state index in [1.807, 2.05) is 13.0 Å². The molecule has 0 aromatic heterocycles. The van der Waals surface area contributed by atoms with Gasteiger partial charge in [-0.05, 0) is 69.8 Å². The van der Waals surface area contributed by atoms with Gasteiger partial charge < -0.3 is 24.4 Å². The summed E-state index contributed by atoms with van der Waals surface area (Å²) in [6.45, 7) is 10.6. The lowest BCUT2D eigenvalue weighted by Gasteiger charge is -2.57. The first-order valence-electron chi connectivity index (χ1n) is 13.2. The Morgan fingerprint density at radius 2 is 1.94 bits per heavy atom. The molecule has 7 aliphatic rings. The van der Waals surface area contributed by atoms with Crippen LogP contribution in [0.25, 0.3) is 0 Å². The number of rotatable bonds is 2. The molecule has 0 aromatic carbocycles. The largest absolute Gasteiger partial charge is 0.389 e. The number of hydrogen-bond donors (Lipinski definition) is 2. The number of allylic oxidation sites excluding steroid dienone is 1. The quantitative estimate of drug-likeness (QED) is 0.475. The predicted molar refractivity (Wildman–Crippen MR) is 124 cm³/mol. The van der Waals surface area contributed by atoms with Crippen LogP contribution in [0.4, 0.5) is 0 Å². The Morgan fingerprint density at radius 3 is 2.68 bits per heavy atom. The number of epoxide rings is 2. The third-order valence-corrected chi connectivity index (χ3v) is 12.1. The first kappa shape index (κ1) is 22.2. The zero-order chi connectivity index (χ0) is 24.1. The number of ketones is 1. The van der Waals surface area contributed by atoms with Crippen molar-refractivity contribution in [3.63, 3.8) is 0 Å². The van der Waals surface area contributed by atoms with Gasteiger partial charge in [0.1, 0.15) is 16.8 Å². The van der Waals surface area contributed by atoms with Gasteiger partial charge in [-0.15, -0.1) is 0 Å². The first-order chi connectivity index (χ1) is 15.9. The van der Waals surface area contributed by atoms with Crippen molar-refractivity contribution in [3.8, 4) is 0 Å². The van der Waals surface area contributed by atoms with Crippen molar-refractivity contribution in [1.82, 2.24) is 0 Å². The van der Waals surface area contributed by atoms with Crippen LogP contribution in [0, 0.1) is 34.5 Å². The van der Waals surface area contributed by atoms with E-state index >= 15 is 0 Å². The summed E-state index contributed by atoms with van der Waals surface area (Å²) in [7, 11) is 0. The maximum atomic E-state index is 13.3. The molecule has 1 spiro atoms. The standard InChI is InChI=1S/C28H38O6/c1-14(19-13-25(3)27(5,34-25)23(31)32-19)17-12-18(29)22-15-11-21-28(33-21)9-6-7-20(30)26(28,4)16(15)8-10-24(17,22)2/h6-7,12,14-16,18-19,21-23,29,31H,8-11,13H2,1-5H3/t14-,15+,16-,18+,19+,21-,22-,23+,24+,25-,26-,27+,28-/m0/s1. The van der Waals surface area contributed by atoms with E-state index in [0.717, 1.165) is 32.1 Å². The van der Waals surface area contributed by atoms with Gasteiger partial charge in [-0.2, -0.15) is 0 Å². The minimum Gasteiger partial charge on any atom is -0.389 e. The van der Waals surface area contributed by atoms with Gasteiger partial charge in [-0.3, -0.25) is 4.79 Å². The van der Waals surface area contributed by atoms with E-state index in [1.165, 1.54) is 5.57 Å². The summed E-state index contributed by atoms with van der Waals surface area (Å²) >= 11 is 0. The number of hydrogen-bond acceptors (Lipinski definition) is 6. The Labute approximate surface area is 201 Å². The second-order valence-corrected chi connectivity index (χ2v) is 13.2. The van der Waals surface area contributed by atoms with Crippen molar-refractivity contribution in [3.05, 3.63) is 23.8 Å². The summed E-state index contributed by atoms with van der Waals surface area (Å²) in [5.74, 6) is 0.830. The molecule has 34 heavy (non-hydrogen) atoms. The third kappa shape index (κ3) is 2.30. The van der Waals surface area contributed by atoms with Crippen LogP contribution < -0.4 is 0 Å². The average molecular weight is 471 g/mol. The van der Waals surface area contributed by atoms with Gasteiger partial charge in [0.25, 0.3) is 0 Å². The molecular formula is C28H38O6. The molecule has 3 aliphatic heterocycles. The molecule has 0 aromatic rings. The van der Waals surface area contributed by atoms with E-state index in [-0.39, 0.29) is 58.3 Å². The highest BCUT2D eigenvalue weighted by molar-refractivity contribution is 5.97. The Morgan fingerprint density at radius 1 is 1.18 bits per heavy atom. The molecule has 2 N–H and O–H groups in total. The molecule has 13 atom stereocenters. The molecule has 5 fully saturated rings. The summed E-state index contributed by atoms with van der Waals surface area (Å²) in [6.07, 6.45) is 8.74. The van der Waals surface area contributed by atoms with Gasteiger partial charge >= 0.3 is 0 Å². The fourth-order valence-electron chi connectivity index (χ4n) is 9.70. The second kappa shape index (κ2) is 6.25. The van der Waals surface area contributed by atoms with Crippen LogP contribution in [0.5, 0.6) is 0 Å². The molecule has 7 rings (SSSR count). The van der Waals surface area contributed by atoms with Crippen LogP contribution >= 0.6 is 0 Å². The van der Waals surface area contributed by atoms with Crippen LogP contribution in [0.2, 0.25) is 0 Å². The van der Waals surface area contributed by atoms with E-state index in [9.17, 15) is 15.0 Å². The normalized spacial score (nSPS) is 61.9. The molecule has 0 radical (unpaired) electrons. The summed E-state index contributed by atoms with van der Waals surface area (Å²) in [6, 6.07) is 0. The molecule has 0 bridgehead atoms. The van der Waals surface area contributed by atoms with Crippen molar-refractivity contribution < 1.29 is 29.2 Å². The second-order valence-electron chi connectivity index (χ2n) is 13.2. The van der Waals surface area contributed by atoms with E-state index in [2.05, 4.69) is 33.8 Å². The molecule has 2 saturated carbocycles. The summed E-state index contributed by atoms with van der Waals surface area (Å²) < 4.78 is 18.4. The maximum absolute atomic E-state index is 13.3. The Hall–Kier alpha value is -1.05. The van der Waals surface area contributed by atoms with Crippen LogP contribution in [-0.2, 0) is 19.0 Å². The third-order valence-electron chi connectivity index (χ3n) is 12.1. The van der Waals surface area contributed by atoms with E-state index in [0.29, 0.717) is 0 Å². The molecule has 4 aliphatic carbocycles. The van der Waals surface area contributed by atoms with Gasteiger partial charge in [0.15, 0.2) is 12.1 Å². The number of ether oxygens (including phenoxy) is 3. The number of fused-ring (bicyclic) bond motifs is 5. The smallest absolute Gasteiger partial charge is 0.186 e. The minimum atomic E-state index is -0.936. The highest BCUT2D eigenvalue weighted by Gasteiger charge is 2.78. The topological polar surface area (TPSA) is 91.8 Å². The van der Waals surface area contributed by atoms with Crippen molar-refractivity contribution in [2.24, 2.45) is 34.5 Å². The highest BCUT2D eigenvalue weighted by Crippen LogP contribution is 2.72. The Balaban J connectivity index is 1.19. The van der Waals surface area contributed by atoms with E-state index in [4.69, 9.17) is 14.2 Å². The predicted octanol–water partition coefficient (Wildman–Crippen LogP) is 3.30. The number of aliphatic hydroxyl groups excluding tert-OH is 2. The molecule has 6 nitrogen and oxygen atoms in total. The molecule has 3 saturated heterocycles. The van der Waals surface area contributed by atoms with Crippen molar-refractivity contribution in [2.75, 3.05) is 0 Å². The molecule has 3 heterocycles. The molecule has 186 valence electrons. The van der Waals surface area contributed by atoms with Crippen LogP contribution in [0.1, 0.15) is 66.7 Å². The lowest BCUT2D eigenvalue weighted by Crippen LogP contribution is -2.60. The van der Waals surface area contributed by atoms with Crippen LogP contribution in [0.3, 0.4) is 0 Å². The Kier molecular flexibility index (Phi) is 4.08. The highest BCUT2D eigenvalue weighted by atomic mass is 16.7. The lowest BCUT2D eigenvalue weighted by molar-refractivity contribution is -0.192. The minimum absolute atomic E-state index is 0.0658. The van der Waals surface area contributed by atoms with Gasteiger partial charge in [-0.1, -0.05) is 31.6 Å². The van der Waals surface area contributed by atoms with Crippen molar-refractivity contribution in [1.29, 1.82) is 0 Å². The summed E-state index contributed by atoms with van der Waals surface area (Å²) in [5.41, 5.74) is -0.699.